The van der Waals surface area contributed by atoms with Crippen LogP contribution in [0.3, 0.4) is 0 Å². The second-order valence-corrected chi connectivity index (χ2v) is 2.95. The highest BCUT2D eigenvalue weighted by Gasteiger charge is 2.33. The summed E-state index contributed by atoms with van der Waals surface area (Å²) >= 11 is 0. The van der Waals surface area contributed by atoms with Gasteiger partial charge in [0.25, 0.3) is 0 Å². The zero-order valence-corrected chi connectivity index (χ0v) is 7.66. The third-order valence-electron chi connectivity index (χ3n) is 2.08. The molecule has 2 N–H and O–H groups in total. The first-order valence-electron chi connectivity index (χ1n) is 4.39. The first kappa shape index (κ1) is 9.83. The van der Waals surface area contributed by atoms with E-state index in [1.54, 1.807) is 6.92 Å². The van der Waals surface area contributed by atoms with Gasteiger partial charge in [0.1, 0.15) is 6.04 Å². The predicted octanol–water partition coefficient (Wildman–Crippen LogP) is 0.0926. The van der Waals surface area contributed by atoms with Crippen molar-refractivity contribution < 1.29 is 14.3 Å². The van der Waals surface area contributed by atoms with Gasteiger partial charge in [0, 0.05) is 6.54 Å². The van der Waals surface area contributed by atoms with Crippen molar-refractivity contribution in [2.24, 2.45) is 5.73 Å². The van der Waals surface area contributed by atoms with Gasteiger partial charge >= 0.3 is 6.09 Å². The average molecular weight is 186 g/mol. The lowest BCUT2D eigenvalue weighted by molar-refractivity contribution is -0.121. The van der Waals surface area contributed by atoms with Crippen LogP contribution in [0.1, 0.15) is 19.8 Å². The molecule has 0 bridgehead atoms. The molecule has 2 amide bonds. The molecule has 0 aromatic heterocycles. The molecular weight excluding hydrogens is 172 g/mol. The lowest BCUT2D eigenvalue weighted by Crippen LogP contribution is -2.43. The van der Waals surface area contributed by atoms with Crippen LogP contribution in [0.25, 0.3) is 0 Å². The summed E-state index contributed by atoms with van der Waals surface area (Å²) in [6.07, 6.45) is 1.02. The summed E-state index contributed by atoms with van der Waals surface area (Å²) < 4.78 is 4.79. The van der Waals surface area contributed by atoms with Gasteiger partial charge in [-0.15, -0.1) is 0 Å². The fourth-order valence-corrected chi connectivity index (χ4v) is 1.49. The number of likely N-dealkylation sites (tertiary alicyclic amines) is 1. The summed E-state index contributed by atoms with van der Waals surface area (Å²) in [6.45, 7) is 2.61. The summed E-state index contributed by atoms with van der Waals surface area (Å²) in [5.74, 6) is -0.453. The number of ether oxygens (including phenoxy) is 1. The topological polar surface area (TPSA) is 72.6 Å². The molecule has 1 saturated heterocycles. The van der Waals surface area contributed by atoms with E-state index in [9.17, 15) is 9.59 Å². The highest BCUT2D eigenvalue weighted by molar-refractivity contribution is 5.84. The van der Waals surface area contributed by atoms with E-state index in [2.05, 4.69) is 0 Å². The highest BCUT2D eigenvalue weighted by atomic mass is 16.6. The molecule has 13 heavy (non-hydrogen) atoms. The molecule has 0 unspecified atom stereocenters. The predicted molar refractivity (Wildman–Crippen MR) is 45.9 cm³/mol. The second-order valence-electron chi connectivity index (χ2n) is 2.95. The van der Waals surface area contributed by atoms with Crippen molar-refractivity contribution in [3.63, 3.8) is 0 Å². The molecule has 1 fully saturated rings. The van der Waals surface area contributed by atoms with Crippen molar-refractivity contribution in [3.05, 3.63) is 0 Å². The molecule has 5 heteroatoms. The standard InChI is InChI=1S/C8H14N2O3/c1-2-13-8(12)10-5-3-4-6(10)7(9)11/h6H,2-5H2,1H3,(H2,9,11)/t6-/m0/s1. The Balaban J connectivity index is 2.57. The molecule has 1 rings (SSSR count). The van der Waals surface area contributed by atoms with Gasteiger partial charge in [-0.3, -0.25) is 9.69 Å². The van der Waals surface area contributed by atoms with E-state index in [4.69, 9.17) is 10.5 Å². The number of nitrogens with zero attached hydrogens (tertiary/aromatic N) is 1. The van der Waals surface area contributed by atoms with E-state index in [1.807, 2.05) is 0 Å². The molecule has 5 nitrogen and oxygen atoms in total. The van der Waals surface area contributed by atoms with Crippen LogP contribution in [0, 0.1) is 0 Å². The fraction of sp³-hybridized carbons (Fsp3) is 0.750. The Morgan fingerprint density at radius 1 is 1.62 bits per heavy atom. The van der Waals surface area contributed by atoms with Crippen molar-refractivity contribution in [2.45, 2.75) is 25.8 Å². The van der Waals surface area contributed by atoms with Gasteiger partial charge in [-0.25, -0.2) is 4.79 Å². The van der Waals surface area contributed by atoms with Gasteiger partial charge in [0.05, 0.1) is 6.61 Å². The van der Waals surface area contributed by atoms with Gasteiger partial charge < -0.3 is 10.5 Å². The Hall–Kier alpha value is -1.26. The minimum atomic E-state index is -0.473. The zero-order valence-electron chi connectivity index (χ0n) is 7.66. The van der Waals surface area contributed by atoms with E-state index in [1.165, 1.54) is 4.90 Å². The minimum absolute atomic E-state index is 0.320. The number of amides is 2. The fourth-order valence-electron chi connectivity index (χ4n) is 1.49. The molecule has 1 aliphatic heterocycles. The average Bonchev–Trinajstić information content (AvgIpc) is 2.52. The summed E-state index contributed by atoms with van der Waals surface area (Å²) in [5, 5.41) is 0. The summed E-state index contributed by atoms with van der Waals surface area (Å²) in [4.78, 5) is 23.5. The van der Waals surface area contributed by atoms with E-state index in [-0.39, 0.29) is 0 Å². The molecule has 0 aromatic carbocycles. The Bertz CT molecular complexity index is 217. The van der Waals surface area contributed by atoms with Crippen molar-refractivity contribution in [1.82, 2.24) is 4.90 Å². The maximum absolute atomic E-state index is 11.3. The Kier molecular flexibility index (Phi) is 3.11. The molecule has 1 aliphatic rings. The van der Waals surface area contributed by atoms with Crippen LogP contribution >= 0.6 is 0 Å². The first-order chi connectivity index (χ1) is 6.16. The van der Waals surface area contributed by atoms with E-state index in [0.717, 1.165) is 6.42 Å². The quantitative estimate of drug-likeness (QED) is 0.664. The monoisotopic (exact) mass is 186 g/mol. The van der Waals surface area contributed by atoms with Crippen molar-refractivity contribution >= 4 is 12.0 Å². The number of carbonyl (C=O) groups excluding carboxylic acids is 2. The molecule has 1 atom stereocenters. The summed E-state index contributed by atoms with van der Waals surface area (Å²) in [7, 11) is 0. The Morgan fingerprint density at radius 2 is 2.31 bits per heavy atom. The summed E-state index contributed by atoms with van der Waals surface area (Å²) in [5.41, 5.74) is 5.13. The van der Waals surface area contributed by atoms with Crippen LogP contribution in [0.15, 0.2) is 0 Å². The zero-order chi connectivity index (χ0) is 9.84. The molecule has 1 heterocycles. The maximum Gasteiger partial charge on any atom is 0.410 e. The van der Waals surface area contributed by atoms with Gasteiger partial charge in [-0.2, -0.15) is 0 Å². The summed E-state index contributed by atoms with van der Waals surface area (Å²) in [6, 6.07) is -0.473. The van der Waals surface area contributed by atoms with E-state index in [0.29, 0.717) is 19.6 Å². The van der Waals surface area contributed by atoms with Crippen LogP contribution in [-0.4, -0.2) is 36.1 Å². The lowest BCUT2D eigenvalue weighted by atomic mass is 10.2. The van der Waals surface area contributed by atoms with Crippen LogP contribution in [0.5, 0.6) is 0 Å². The maximum atomic E-state index is 11.3. The van der Waals surface area contributed by atoms with Gasteiger partial charge in [0.15, 0.2) is 0 Å². The van der Waals surface area contributed by atoms with Crippen molar-refractivity contribution in [1.29, 1.82) is 0 Å². The third-order valence-corrected chi connectivity index (χ3v) is 2.08. The largest absolute Gasteiger partial charge is 0.450 e. The Morgan fingerprint density at radius 3 is 2.85 bits per heavy atom. The van der Waals surface area contributed by atoms with E-state index >= 15 is 0 Å². The number of carbonyl (C=O) groups is 2. The molecule has 0 saturated carbocycles. The number of rotatable bonds is 2. The van der Waals surface area contributed by atoms with Gasteiger partial charge in [0.2, 0.25) is 5.91 Å². The molecule has 0 aliphatic carbocycles. The number of nitrogens with two attached hydrogens (primary N) is 1. The van der Waals surface area contributed by atoms with Crippen LogP contribution in [0.2, 0.25) is 0 Å². The van der Waals surface area contributed by atoms with E-state index < -0.39 is 18.0 Å². The molecule has 0 aromatic rings. The normalized spacial score (nSPS) is 21.6. The number of hydrogen-bond acceptors (Lipinski definition) is 3. The smallest absolute Gasteiger partial charge is 0.410 e. The van der Waals surface area contributed by atoms with Crippen LogP contribution < -0.4 is 5.73 Å². The lowest BCUT2D eigenvalue weighted by Gasteiger charge is -2.20. The Labute approximate surface area is 76.8 Å². The number of hydrogen-bond donors (Lipinski definition) is 1. The molecule has 0 spiro atoms. The van der Waals surface area contributed by atoms with Crippen LogP contribution in [0.4, 0.5) is 4.79 Å². The third kappa shape index (κ3) is 2.11. The molecular formula is C8H14N2O3. The minimum Gasteiger partial charge on any atom is -0.450 e. The van der Waals surface area contributed by atoms with Gasteiger partial charge in [-0.05, 0) is 19.8 Å². The van der Waals surface area contributed by atoms with Crippen LogP contribution in [-0.2, 0) is 9.53 Å². The molecule has 74 valence electrons. The second kappa shape index (κ2) is 4.11. The van der Waals surface area contributed by atoms with Crippen molar-refractivity contribution in [2.75, 3.05) is 13.2 Å². The number of primary amides is 1. The molecule has 0 radical (unpaired) electrons. The van der Waals surface area contributed by atoms with Crippen molar-refractivity contribution in [3.8, 4) is 0 Å². The highest BCUT2D eigenvalue weighted by Crippen LogP contribution is 2.17. The SMILES string of the molecule is CCOC(=O)N1CCC[C@H]1C(N)=O. The van der Waals surface area contributed by atoms with Gasteiger partial charge in [-0.1, -0.05) is 0 Å². The first-order valence-corrected chi connectivity index (χ1v) is 4.39.